The van der Waals surface area contributed by atoms with Crippen LogP contribution >= 0.6 is 0 Å². The molecule has 0 bridgehead atoms. The Labute approximate surface area is 123 Å². The van der Waals surface area contributed by atoms with Crippen molar-refractivity contribution in [2.24, 2.45) is 0 Å². The van der Waals surface area contributed by atoms with E-state index in [1.165, 1.54) is 17.7 Å². The van der Waals surface area contributed by atoms with Crippen molar-refractivity contribution in [3.63, 3.8) is 0 Å². The topological polar surface area (TPSA) is 35.8 Å². The molecule has 1 N–H and O–H groups in total. The third-order valence-corrected chi connectivity index (χ3v) is 3.33. The molecule has 4 heteroatoms. The van der Waals surface area contributed by atoms with Crippen LogP contribution in [0.5, 0.6) is 0 Å². The van der Waals surface area contributed by atoms with E-state index in [-0.39, 0.29) is 11.3 Å². The van der Waals surface area contributed by atoms with Crippen molar-refractivity contribution in [1.29, 1.82) is 5.26 Å². The van der Waals surface area contributed by atoms with Crippen molar-refractivity contribution >= 4 is 5.69 Å². The molecular weight excluding hydrogens is 270 g/mol. The van der Waals surface area contributed by atoms with Gasteiger partial charge in [0.05, 0.1) is 11.3 Å². The quantitative estimate of drug-likeness (QED) is 0.893. The summed E-state index contributed by atoms with van der Waals surface area (Å²) in [6.07, 6.45) is 0. The Morgan fingerprint density at radius 3 is 2.29 bits per heavy atom. The van der Waals surface area contributed by atoms with Gasteiger partial charge in [-0.2, -0.15) is 5.26 Å². The molecule has 0 unspecified atom stereocenters. The van der Waals surface area contributed by atoms with Gasteiger partial charge in [-0.05, 0) is 29.2 Å². The monoisotopic (exact) mass is 286 g/mol. The third kappa shape index (κ3) is 3.38. The molecule has 0 amide bonds. The summed E-state index contributed by atoms with van der Waals surface area (Å²) < 4.78 is 27.2. The maximum absolute atomic E-state index is 13.7. The second-order valence-corrected chi connectivity index (χ2v) is 5.15. The van der Waals surface area contributed by atoms with Gasteiger partial charge >= 0.3 is 0 Å². The second-order valence-electron chi connectivity index (χ2n) is 5.15. The number of nitrogens with zero attached hydrogens (tertiary/aromatic N) is 1. The Morgan fingerprint density at radius 1 is 1.05 bits per heavy atom. The Hall–Kier alpha value is -2.41. The van der Waals surface area contributed by atoms with E-state index in [1.807, 2.05) is 24.3 Å². The number of hydrogen-bond acceptors (Lipinski definition) is 2. The first-order valence-electron chi connectivity index (χ1n) is 6.73. The molecule has 2 aromatic rings. The largest absolute Gasteiger partial charge is 0.379 e. The van der Waals surface area contributed by atoms with Crippen LogP contribution in [0.2, 0.25) is 0 Å². The highest BCUT2D eigenvalue weighted by Gasteiger charge is 2.12. The van der Waals surface area contributed by atoms with E-state index < -0.39 is 11.6 Å². The Kier molecular flexibility index (Phi) is 4.54. The lowest BCUT2D eigenvalue weighted by Gasteiger charge is -2.10. The van der Waals surface area contributed by atoms with Crippen LogP contribution in [-0.4, -0.2) is 0 Å². The smallest absolute Gasteiger partial charge is 0.183 e. The van der Waals surface area contributed by atoms with Crippen LogP contribution < -0.4 is 5.32 Å². The maximum atomic E-state index is 13.7. The molecule has 21 heavy (non-hydrogen) atoms. The molecule has 2 nitrogen and oxygen atoms in total. The van der Waals surface area contributed by atoms with Crippen molar-refractivity contribution in [3.8, 4) is 6.07 Å². The van der Waals surface area contributed by atoms with E-state index in [4.69, 9.17) is 5.26 Å². The minimum atomic E-state index is -1.11. The van der Waals surface area contributed by atoms with E-state index >= 15 is 0 Å². The van der Waals surface area contributed by atoms with Gasteiger partial charge in [0.2, 0.25) is 0 Å². The van der Waals surface area contributed by atoms with Gasteiger partial charge in [0.25, 0.3) is 0 Å². The lowest BCUT2D eigenvalue weighted by Crippen LogP contribution is -2.04. The van der Waals surface area contributed by atoms with E-state index in [2.05, 4.69) is 19.2 Å². The summed E-state index contributed by atoms with van der Waals surface area (Å²) in [7, 11) is 0. The molecule has 0 heterocycles. The predicted octanol–water partition coefficient (Wildman–Crippen LogP) is 4.57. The molecule has 2 aromatic carbocycles. The zero-order valence-electron chi connectivity index (χ0n) is 12.0. The van der Waals surface area contributed by atoms with Crippen molar-refractivity contribution < 1.29 is 8.78 Å². The SMILES string of the molecule is CC(C)c1ccc(CNc2ccc(C#N)c(F)c2F)cc1. The molecular formula is C17H16F2N2. The Balaban J connectivity index is 2.10. The molecule has 0 atom stereocenters. The summed E-state index contributed by atoms with van der Waals surface area (Å²) in [6, 6.07) is 12.2. The molecule has 0 saturated carbocycles. The summed E-state index contributed by atoms with van der Waals surface area (Å²) in [5, 5.41) is 11.5. The Bertz CT molecular complexity index is 670. The molecule has 0 fully saturated rings. The number of nitrogens with one attached hydrogen (secondary N) is 1. The summed E-state index contributed by atoms with van der Waals surface area (Å²) in [5.41, 5.74) is 1.97. The minimum absolute atomic E-state index is 0.0550. The van der Waals surface area contributed by atoms with Crippen molar-refractivity contribution in [2.45, 2.75) is 26.3 Å². The van der Waals surface area contributed by atoms with E-state index in [0.29, 0.717) is 12.5 Å². The number of halogens is 2. The van der Waals surface area contributed by atoms with Gasteiger partial charge in [-0.3, -0.25) is 0 Å². The minimum Gasteiger partial charge on any atom is -0.379 e. The highest BCUT2D eigenvalue weighted by molar-refractivity contribution is 5.50. The first-order chi connectivity index (χ1) is 10.0. The summed E-state index contributed by atoms with van der Waals surface area (Å²) in [6.45, 7) is 4.62. The first-order valence-corrected chi connectivity index (χ1v) is 6.73. The van der Waals surface area contributed by atoms with E-state index in [9.17, 15) is 8.78 Å². The fourth-order valence-corrected chi connectivity index (χ4v) is 1.99. The molecule has 0 aliphatic heterocycles. The molecule has 0 spiro atoms. The average Bonchev–Trinajstić information content (AvgIpc) is 2.49. The van der Waals surface area contributed by atoms with Gasteiger partial charge in [-0.1, -0.05) is 38.1 Å². The average molecular weight is 286 g/mol. The van der Waals surface area contributed by atoms with Crippen LogP contribution in [0.1, 0.15) is 36.5 Å². The first kappa shape index (κ1) is 15.0. The number of anilines is 1. The molecule has 108 valence electrons. The van der Waals surface area contributed by atoms with E-state index in [0.717, 1.165) is 5.56 Å². The molecule has 0 saturated heterocycles. The second kappa shape index (κ2) is 6.36. The van der Waals surface area contributed by atoms with Gasteiger partial charge in [0.15, 0.2) is 11.6 Å². The van der Waals surface area contributed by atoms with Crippen molar-refractivity contribution in [2.75, 3.05) is 5.32 Å². The van der Waals surface area contributed by atoms with Gasteiger partial charge in [-0.15, -0.1) is 0 Å². The number of nitriles is 1. The van der Waals surface area contributed by atoms with Crippen LogP contribution in [0.25, 0.3) is 0 Å². The standard InChI is InChI=1S/C17H16F2N2/c1-11(2)13-5-3-12(4-6-13)10-21-15-8-7-14(9-20)16(18)17(15)19/h3-8,11,21H,10H2,1-2H3. The maximum Gasteiger partial charge on any atom is 0.183 e. The highest BCUT2D eigenvalue weighted by Crippen LogP contribution is 2.21. The lowest BCUT2D eigenvalue weighted by atomic mass is 10.0. The highest BCUT2D eigenvalue weighted by atomic mass is 19.2. The molecule has 0 radical (unpaired) electrons. The van der Waals surface area contributed by atoms with Gasteiger partial charge in [0, 0.05) is 6.54 Å². The van der Waals surface area contributed by atoms with Crippen LogP contribution in [0.3, 0.4) is 0 Å². The van der Waals surface area contributed by atoms with Crippen LogP contribution in [0.15, 0.2) is 36.4 Å². The molecule has 0 aliphatic carbocycles. The molecule has 2 rings (SSSR count). The normalized spacial score (nSPS) is 10.5. The van der Waals surface area contributed by atoms with E-state index in [1.54, 1.807) is 6.07 Å². The predicted molar refractivity (Wildman–Crippen MR) is 78.9 cm³/mol. The van der Waals surface area contributed by atoms with Crippen LogP contribution in [0, 0.1) is 23.0 Å². The number of hydrogen-bond donors (Lipinski definition) is 1. The zero-order valence-corrected chi connectivity index (χ0v) is 12.0. The zero-order chi connectivity index (χ0) is 15.4. The summed E-state index contributed by atoms with van der Waals surface area (Å²) in [5.74, 6) is -1.68. The summed E-state index contributed by atoms with van der Waals surface area (Å²) in [4.78, 5) is 0. The third-order valence-electron chi connectivity index (χ3n) is 3.33. The fourth-order valence-electron chi connectivity index (χ4n) is 1.99. The van der Waals surface area contributed by atoms with Crippen LogP contribution in [-0.2, 0) is 6.54 Å². The fraction of sp³-hybridized carbons (Fsp3) is 0.235. The lowest BCUT2D eigenvalue weighted by molar-refractivity contribution is 0.508. The van der Waals surface area contributed by atoms with Crippen molar-refractivity contribution in [3.05, 3.63) is 64.7 Å². The summed E-state index contributed by atoms with van der Waals surface area (Å²) >= 11 is 0. The van der Waals surface area contributed by atoms with Crippen molar-refractivity contribution in [1.82, 2.24) is 0 Å². The molecule has 0 aliphatic rings. The van der Waals surface area contributed by atoms with Gasteiger partial charge in [-0.25, -0.2) is 8.78 Å². The molecule has 0 aromatic heterocycles. The van der Waals surface area contributed by atoms with Crippen LogP contribution in [0.4, 0.5) is 14.5 Å². The van der Waals surface area contributed by atoms with Gasteiger partial charge in [0.1, 0.15) is 6.07 Å². The number of rotatable bonds is 4. The number of benzene rings is 2. The Morgan fingerprint density at radius 2 is 1.71 bits per heavy atom. The van der Waals surface area contributed by atoms with Gasteiger partial charge < -0.3 is 5.32 Å².